The lowest BCUT2D eigenvalue weighted by atomic mass is 9.85. The molecule has 6 heteroatoms. The van der Waals surface area contributed by atoms with Gasteiger partial charge in [0.05, 0.1) is 37.4 Å². The Labute approximate surface area is 224 Å². The molecule has 0 radical (unpaired) electrons. The summed E-state index contributed by atoms with van der Waals surface area (Å²) < 4.78 is 11.6. The Morgan fingerprint density at radius 3 is 2.47 bits per heavy atom. The molecule has 0 fully saturated rings. The standard InChI is InChI=1S/C26H21NO4.C4H10O.C2H6/c1-14-10-20-17(3-2-16-12-30-13-21(16)20)25(19(14)11-23(28)29)18-4-5-22-24-15(7-9-31-22)6-8-27-26(18)24;1-4(2,3)5;1-2/h2-6,8,10H,7,9,11-13H2,1H3,(H,28,29);5H,1-3H3;1-2H3. The van der Waals surface area contributed by atoms with E-state index in [1.807, 2.05) is 39.1 Å². The molecule has 0 amide bonds. The lowest BCUT2D eigenvalue weighted by Gasteiger charge is -2.22. The first-order valence-corrected chi connectivity index (χ1v) is 13.2. The van der Waals surface area contributed by atoms with E-state index in [4.69, 9.17) is 19.6 Å². The second-order valence-corrected chi connectivity index (χ2v) is 10.5. The zero-order chi connectivity index (χ0) is 27.6. The van der Waals surface area contributed by atoms with Crippen LogP contribution in [0.1, 0.15) is 62.4 Å². The molecule has 200 valence electrons. The molecule has 3 aromatic carbocycles. The molecule has 2 aliphatic rings. The van der Waals surface area contributed by atoms with Crippen LogP contribution in [0.3, 0.4) is 0 Å². The zero-order valence-corrected chi connectivity index (χ0v) is 23.1. The molecule has 2 aliphatic heterocycles. The number of rotatable bonds is 3. The van der Waals surface area contributed by atoms with E-state index in [0.717, 1.165) is 56.1 Å². The molecule has 0 unspecified atom stereocenters. The highest BCUT2D eigenvalue weighted by atomic mass is 16.5. The van der Waals surface area contributed by atoms with Crippen molar-refractivity contribution in [2.24, 2.45) is 0 Å². The summed E-state index contributed by atoms with van der Waals surface area (Å²) in [5.74, 6) is 0.00588. The molecular formula is C32H37NO5. The largest absolute Gasteiger partial charge is 0.493 e. The highest BCUT2D eigenvalue weighted by Crippen LogP contribution is 2.43. The Kier molecular flexibility index (Phi) is 8.05. The van der Waals surface area contributed by atoms with Crippen LogP contribution >= 0.6 is 0 Å². The first kappa shape index (κ1) is 27.6. The zero-order valence-electron chi connectivity index (χ0n) is 23.1. The van der Waals surface area contributed by atoms with Gasteiger partial charge in [0.2, 0.25) is 0 Å². The minimum Gasteiger partial charge on any atom is -0.493 e. The van der Waals surface area contributed by atoms with Gasteiger partial charge in [-0.3, -0.25) is 9.78 Å². The van der Waals surface area contributed by atoms with E-state index in [0.29, 0.717) is 19.8 Å². The second-order valence-electron chi connectivity index (χ2n) is 10.5. The Balaban J connectivity index is 0.000000434. The highest BCUT2D eigenvalue weighted by molar-refractivity contribution is 6.09. The van der Waals surface area contributed by atoms with Crippen LogP contribution in [0.25, 0.3) is 32.8 Å². The maximum absolute atomic E-state index is 11.8. The van der Waals surface area contributed by atoms with Crippen molar-refractivity contribution in [3.63, 3.8) is 0 Å². The first-order chi connectivity index (χ1) is 18.1. The average molecular weight is 516 g/mol. The number of carboxylic acid groups (broad SMARTS) is 1. The fraction of sp³-hybridized carbons (Fsp3) is 0.375. The number of hydrogen-bond donors (Lipinski definition) is 2. The summed E-state index contributed by atoms with van der Waals surface area (Å²) in [6.45, 7) is 13.1. The quantitative estimate of drug-likeness (QED) is 0.313. The maximum atomic E-state index is 11.8. The Morgan fingerprint density at radius 1 is 1.03 bits per heavy atom. The number of aryl methyl sites for hydroxylation is 1. The van der Waals surface area contributed by atoms with Crippen molar-refractivity contribution in [2.45, 2.75) is 73.2 Å². The summed E-state index contributed by atoms with van der Waals surface area (Å²) in [5.41, 5.74) is 7.70. The molecule has 3 heterocycles. The number of nitrogens with zero attached hydrogens (tertiary/aromatic N) is 1. The predicted molar refractivity (Wildman–Crippen MR) is 152 cm³/mol. The molecule has 0 atom stereocenters. The average Bonchev–Trinajstić information content (AvgIpc) is 3.35. The third-order valence-electron chi connectivity index (χ3n) is 6.53. The van der Waals surface area contributed by atoms with Crippen molar-refractivity contribution >= 4 is 27.6 Å². The SMILES string of the molecule is CC.CC(C)(C)O.Cc1cc2c3c(ccc2c(-c2ccc4c5c(ccnc25)CCO4)c1CC(=O)O)COC3. The topological polar surface area (TPSA) is 88.9 Å². The van der Waals surface area contributed by atoms with Crippen LogP contribution in [0.5, 0.6) is 5.75 Å². The Morgan fingerprint density at radius 2 is 1.76 bits per heavy atom. The normalized spacial score (nSPS) is 13.7. The van der Waals surface area contributed by atoms with Crippen LogP contribution in [-0.4, -0.2) is 33.4 Å². The van der Waals surface area contributed by atoms with Crippen LogP contribution in [0.4, 0.5) is 0 Å². The molecule has 0 bridgehead atoms. The summed E-state index contributed by atoms with van der Waals surface area (Å²) in [6.07, 6.45) is 2.65. The molecule has 1 aromatic heterocycles. The van der Waals surface area contributed by atoms with Gasteiger partial charge in [-0.15, -0.1) is 0 Å². The number of aromatic nitrogens is 1. The van der Waals surface area contributed by atoms with Crippen LogP contribution in [0, 0.1) is 6.92 Å². The number of ether oxygens (including phenoxy) is 2. The van der Waals surface area contributed by atoms with Gasteiger partial charge in [-0.1, -0.05) is 32.0 Å². The van der Waals surface area contributed by atoms with Crippen molar-refractivity contribution < 1.29 is 24.5 Å². The number of benzene rings is 3. The molecular weight excluding hydrogens is 478 g/mol. The van der Waals surface area contributed by atoms with E-state index in [-0.39, 0.29) is 6.42 Å². The number of aliphatic hydroxyl groups is 1. The number of fused-ring (bicyclic) bond motifs is 3. The highest BCUT2D eigenvalue weighted by Gasteiger charge is 2.24. The minimum absolute atomic E-state index is 0.0376. The molecule has 38 heavy (non-hydrogen) atoms. The second kappa shape index (κ2) is 11.1. The lowest BCUT2D eigenvalue weighted by Crippen LogP contribution is -2.10. The van der Waals surface area contributed by atoms with Crippen LogP contribution in [0.2, 0.25) is 0 Å². The van der Waals surface area contributed by atoms with Crippen molar-refractivity contribution in [2.75, 3.05) is 6.61 Å². The van der Waals surface area contributed by atoms with E-state index in [2.05, 4.69) is 24.3 Å². The van der Waals surface area contributed by atoms with Crippen LogP contribution in [-0.2, 0) is 35.6 Å². The molecule has 0 aliphatic carbocycles. The third-order valence-corrected chi connectivity index (χ3v) is 6.53. The van der Waals surface area contributed by atoms with E-state index >= 15 is 0 Å². The first-order valence-electron chi connectivity index (χ1n) is 13.2. The predicted octanol–water partition coefficient (Wildman–Crippen LogP) is 6.76. The molecule has 4 aromatic rings. The molecule has 2 N–H and O–H groups in total. The van der Waals surface area contributed by atoms with Crippen LogP contribution < -0.4 is 4.74 Å². The van der Waals surface area contributed by atoms with Gasteiger partial charge in [0.15, 0.2) is 0 Å². The van der Waals surface area contributed by atoms with Gasteiger partial charge in [-0.2, -0.15) is 0 Å². The Hall–Kier alpha value is -3.48. The van der Waals surface area contributed by atoms with Gasteiger partial charge in [-0.05, 0) is 90.0 Å². The van der Waals surface area contributed by atoms with Crippen molar-refractivity contribution in [1.29, 1.82) is 0 Å². The van der Waals surface area contributed by atoms with Crippen molar-refractivity contribution in [3.05, 3.63) is 70.4 Å². The van der Waals surface area contributed by atoms with Gasteiger partial charge in [0.25, 0.3) is 0 Å². The van der Waals surface area contributed by atoms with Crippen molar-refractivity contribution in [3.8, 4) is 16.9 Å². The number of aliphatic carboxylic acids is 1. The maximum Gasteiger partial charge on any atom is 0.307 e. The van der Waals surface area contributed by atoms with E-state index in [1.54, 1.807) is 20.8 Å². The summed E-state index contributed by atoms with van der Waals surface area (Å²) >= 11 is 0. The molecule has 0 saturated heterocycles. The molecule has 0 spiro atoms. The fourth-order valence-electron chi connectivity index (χ4n) is 5.11. The van der Waals surface area contributed by atoms with Gasteiger partial charge in [0.1, 0.15) is 5.75 Å². The minimum atomic E-state index is -0.841. The van der Waals surface area contributed by atoms with Gasteiger partial charge in [-0.25, -0.2) is 0 Å². The molecule has 6 nitrogen and oxygen atoms in total. The van der Waals surface area contributed by atoms with E-state index in [1.165, 1.54) is 16.7 Å². The summed E-state index contributed by atoms with van der Waals surface area (Å²) in [4.78, 5) is 16.5. The van der Waals surface area contributed by atoms with E-state index < -0.39 is 11.6 Å². The third kappa shape index (κ3) is 5.52. The van der Waals surface area contributed by atoms with Gasteiger partial charge in [0, 0.05) is 23.6 Å². The van der Waals surface area contributed by atoms with Crippen molar-refractivity contribution in [1.82, 2.24) is 4.98 Å². The summed E-state index contributed by atoms with van der Waals surface area (Å²) in [7, 11) is 0. The number of carboxylic acids is 1. The monoisotopic (exact) mass is 515 g/mol. The fourth-order valence-corrected chi connectivity index (χ4v) is 5.11. The molecule has 6 rings (SSSR count). The van der Waals surface area contributed by atoms with Crippen LogP contribution in [0.15, 0.2) is 42.6 Å². The smallest absolute Gasteiger partial charge is 0.307 e. The Bertz CT molecular complexity index is 1480. The molecule has 0 saturated carbocycles. The number of hydrogen-bond acceptors (Lipinski definition) is 5. The van der Waals surface area contributed by atoms with E-state index in [9.17, 15) is 9.90 Å². The number of pyridine rings is 1. The number of carbonyl (C=O) groups is 1. The van der Waals surface area contributed by atoms with Gasteiger partial charge < -0.3 is 19.7 Å². The summed E-state index contributed by atoms with van der Waals surface area (Å²) in [5, 5.41) is 21.4. The lowest BCUT2D eigenvalue weighted by molar-refractivity contribution is -0.136. The summed E-state index contributed by atoms with van der Waals surface area (Å²) in [6, 6.07) is 12.4. The van der Waals surface area contributed by atoms with Gasteiger partial charge >= 0.3 is 5.97 Å².